The van der Waals surface area contributed by atoms with Crippen LogP contribution in [-0.4, -0.2) is 23.1 Å². The number of nitrogens with one attached hydrogen (secondary N) is 2. The van der Waals surface area contributed by atoms with Gasteiger partial charge in [-0.1, -0.05) is 6.07 Å². The maximum atomic E-state index is 4.60. The van der Waals surface area contributed by atoms with Gasteiger partial charge in [-0.15, -0.1) is 0 Å². The van der Waals surface area contributed by atoms with Crippen LogP contribution in [0.5, 0.6) is 0 Å². The molecule has 3 heterocycles. The molecule has 0 spiro atoms. The fourth-order valence-corrected chi connectivity index (χ4v) is 2.60. The van der Waals surface area contributed by atoms with E-state index in [-0.39, 0.29) is 0 Å². The highest BCUT2D eigenvalue weighted by molar-refractivity contribution is 5.54. The summed E-state index contributed by atoms with van der Waals surface area (Å²) in [5, 5.41) is 6.67. The zero-order chi connectivity index (χ0) is 13.8. The normalized spacial score (nSPS) is 16.1. The van der Waals surface area contributed by atoms with Gasteiger partial charge in [-0.3, -0.25) is 4.98 Å². The van der Waals surface area contributed by atoms with Crippen molar-refractivity contribution in [1.29, 1.82) is 0 Å². The van der Waals surface area contributed by atoms with E-state index in [0.29, 0.717) is 5.92 Å². The lowest BCUT2D eigenvalue weighted by Crippen LogP contribution is -2.27. The second-order valence-electron chi connectivity index (χ2n) is 5.29. The Morgan fingerprint density at radius 3 is 2.70 bits per heavy atom. The third-order valence-corrected chi connectivity index (χ3v) is 3.70. The van der Waals surface area contributed by atoms with Crippen molar-refractivity contribution in [3.63, 3.8) is 0 Å². The molecule has 1 saturated heterocycles. The highest BCUT2D eigenvalue weighted by Crippen LogP contribution is 2.24. The van der Waals surface area contributed by atoms with Crippen LogP contribution in [-0.2, 0) is 0 Å². The van der Waals surface area contributed by atoms with Gasteiger partial charge in [0.15, 0.2) is 0 Å². The van der Waals surface area contributed by atoms with Crippen LogP contribution in [0.2, 0.25) is 0 Å². The zero-order valence-electron chi connectivity index (χ0n) is 11.8. The van der Waals surface area contributed by atoms with Gasteiger partial charge >= 0.3 is 0 Å². The lowest BCUT2D eigenvalue weighted by molar-refractivity contribution is 0.453. The van der Waals surface area contributed by atoms with Crippen molar-refractivity contribution in [3.8, 4) is 0 Å². The molecule has 3 rings (SSSR count). The molecular formula is C16H20N4. The molecule has 0 bridgehead atoms. The highest BCUT2D eigenvalue weighted by Gasteiger charge is 2.15. The molecule has 0 atom stereocenters. The first-order valence-electron chi connectivity index (χ1n) is 7.18. The van der Waals surface area contributed by atoms with E-state index >= 15 is 0 Å². The molecule has 2 aromatic heterocycles. The molecule has 2 N–H and O–H groups in total. The highest BCUT2D eigenvalue weighted by atomic mass is 15.0. The van der Waals surface area contributed by atoms with Crippen LogP contribution in [0.4, 0.5) is 11.5 Å². The monoisotopic (exact) mass is 268 g/mol. The summed E-state index contributed by atoms with van der Waals surface area (Å²) >= 11 is 0. The molecule has 0 amide bonds. The van der Waals surface area contributed by atoms with Crippen molar-refractivity contribution in [2.75, 3.05) is 18.4 Å². The molecule has 1 aliphatic heterocycles. The molecule has 2 aromatic rings. The third-order valence-electron chi connectivity index (χ3n) is 3.70. The molecule has 20 heavy (non-hydrogen) atoms. The van der Waals surface area contributed by atoms with Crippen molar-refractivity contribution in [3.05, 3.63) is 47.9 Å². The number of aromatic nitrogens is 2. The van der Waals surface area contributed by atoms with E-state index in [4.69, 9.17) is 0 Å². The molecule has 0 radical (unpaired) electrons. The van der Waals surface area contributed by atoms with Gasteiger partial charge in [0.05, 0.1) is 11.9 Å². The summed E-state index contributed by atoms with van der Waals surface area (Å²) in [6.07, 6.45) is 4.26. The fraction of sp³-hybridized carbons (Fsp3) is 0.375. The number of anilines is 2. The van der Waals surface area contributed by atoms with E-state index < -0.39 is 0 Å². The number of aryl methyl sites for hydroxylation is 1. The van der Waals surface area contributed by atoms with Gasteiger partial charge in [-0.2, -0.15) is 0 Å². The summed E-state index contributed by atoms with van der Waals surface area (Å²) in [5.41, 5.74) is 3.20. The average Bonchev–Trinajstić information content (AvgIpc) is 2.49. The Labute approximate surface area is 119 Å². The Kier molecular flexibility index (Phi) is 3.92. The van der Waals surface area contributed by atoms with Crippen molar-refractivity contribution in [1.82, 2.24) is 15.3 Å². The Morgan fingerprint density at radius 2 is 2.00 bits per heavy atom. The maximum absolute atomic E-state index is 4.60. The minimum absolute atomic E-state index is 0.599. The molecule has 1 fully saturated rings. The summed E-state index contributed by atoms with van der Waals surface area (Å²) in [5.74, 6) is 1.46. The van der Waals surface area contributed by atoms with Gasteiger partial charge in [-0.25, -0.2) is 4.98 Å². The Hall–Kier alpha value is -1.94. The van der Waals surface area contributed by atoms with E-state index in [1.165, 1.54) is 18.5 Å². The first kappa shape index (κ1) is 13.1. The third kappa shape index (κ3) is 3.14. The topological polar surface area (TPSA) is 49.8 Å². The summed E-state index contributed by atoms with van der Waals surface area (Å²) in [6.45, 7) is 4.18. The lowest BCUT2D eigenvalue weighted by Gasteiger charge is -2.22. The SMILES string of the molecule is Cc1cccc(Nc2ccc(C3CCNCC3)nc2)n1. The molecule has 0 aromatic carbocycles. The average molecular weight is 268 g/mol. The van der Waals surface area contributed by atoms with Gasteiger partial charge in [-0.05, 0) is 57.1 Å². The Bertz CT molecular complexity index is 559. The minimum atomic E-state index is 0.599. The van der Waals surface area contributed by atoms with Gasteiger partial charge in [0.25, 0.3) is 0 Å². The maximum Gasteiger partial charge on any atom is 0.130 e. The molecule has 4 nitrogen and oxygen atoms in total. The van der Waals surface area contributed by atoms with Gasteiger partial charge in [0, 0.05) is 17.3 Å². The minimum Gasteiger partial charge on any atom is -0.339 e. The number of hydrogen-bond donors (Lipinski definition) is 2. The van der Waals surface area contributed by atoms with E-state index in [2.05, 4.69) is 32.7 Å². The van der Waals surface area contributed by atoms with Crippen molar-refractivity contribution < 1.29 is 0 Å². The molecule has 0 unspecified atom stereocenters. The second kappa shape index (κ2) is 6.01. The summed E-state index contributed by atoms with van der Waals surface area (Å²) < 4.78 is 0. The standard InChI is InChI=1S/C16H20N4/c1-12-3-2-4-16(19-12)20-14-5-6-15(18-11-14)13-7-9-17-10-8-13/h2-6,11,13,17H,7-10H2,1H3,(H,19,20). The van der Waals surface area contributed by atoms with Crippen LogP contribution in [0.15, 0.2) is 36.5 Å². The fourth-order valence-electron chi connectivity index (χ4n) is 2.60. The number of pyridine rings is 2. The smallest absolute Gasteiger partial charge is 0.130 e. The van der Waals surface area contributed by atoms with Crippen LogP contribution in [0.3, 0.4) is 0 Å². The van der Waals surface area contributed by atoms with Crippen molar-refractivity contribution in [2.45, 2.75) is 25.7 Å². The van der Waals surface area contributed by atoms with Crippen molar-refractivity contribution >= 4 is 11.5 Å². The Balaban J connectivity index is 1.69. The Morgan fingerprint density at radius 1 is 1.15 bits per heavy atom. The second-order valence-corrected chi connectivity index (χ2v) is 5.29. The molecule has 4 heteroatoms. The molecular weight excluding hydrogens is 248 g/mol. The predicted molar refractivity (Wildman–Crippen MR) is 81.3 cm³/mol. The predicted octanol–water partition coefficient (Wildman–Crippen LogP) is 3.00. The number of rotatable bonds is 3. The van der Waals surface area contributed by atoms with Crippen LogP contribution in [0, 0.1) is 6.92 Å². The van der Waals surface area contributed by atoms with E-state index in [1.54, 1.807) is 0 Å². The van der Waals surface area contributed by atoms with Crippen LogP contribution < -0.4 is 10.6 Å². The first-order valence-corrected chi connectivity index (χ1v) is 7.18. The molecule has 104 valence electrons. The van der Waals surface area contributed by atoms with Crippen LogP contribution in [0.25, 0.3) is 0 Å². The first-order chi connectivity index (χ1) is 9.81. The molecule has 1 aliphatic rings. The largest absolute Gasteiger partial charge is 0.339 e. The summed E-state index contributed by atoms with van der Waals surface area (Å²) in [4.78, 5) is 9.04. The van der Waals surface area contributed by atoms with E-state index in [1.807, 2.05) is 31.3 Å². The zero-order valence-corrected chi connectivity index (χ0v) is 11.8. The van der Waals surface area contributed by atoms with Crippen LogP contribution >= 0.6 is 0 Å². The lowest BCUT2D eigenvalue weighted by atomic mass is 9.94. The molecule has 0 aliphatic carbocycles. The van der Waals surface area contributed by atoms with E-state index in [0.717, 1.165) is 30.3 Å². The molecule has 0 saturated carbocycles. The number of nitrogens with zero attached hydrogens (tertiary/aromatic N) is 2. The van der Waals surface area contributed by atoms with Crippen molar-refractivity contribution in [2.24, 2.45) is 0 Å². The summed E-state index contributed by atoms with van der Waals surface area (Å²) in [7, 11) is 0. The van der Waals surface area contributed by atoms with Gasteiger partial charge in [0.2, 0.25) is 0 Å². The number of hydrogen-bond acceptors (Lipinski definition) is 4. The van der Waals surface area contributed by atoms with E-state index in [9.17, 15) is 0 Å². The number of piperidine rings is 1. The van der Waals surface area contributed by atoms with Crippen LogP contribution in [0.1, 0.15) is 30.1 Å². The van der Waals surface area contributed by atoms with Gasteiger partial charge in [0.1, 0.15) is 5.82 Å². The summed E-state index contributed by atoms with van der Waals surface area (Å²) in [6, 6.07) is 10.2. The van der Waals surface area contributed by atoms with Gasteiger partial charge < -0.3 is 10.6 Å². The quantitative estimate of drug-likeness (QED) is 0.898.